The lowest BCUT2D eigenvalue weighted by Crippen LogP contribution is -2.62. The van der Waals surface area contributed by atoms with E-state index in [2.05, 4.69) is 109 Å². The number of rotatable bonds is 11. The van der Waals surface area contributed by atoms with Crippen molar-refractivity contribution in [2.45, 2.75) is 100 Å². The van der Waals surface area contributed by atoms with Crippen molar-refractivity contribution in [3.05, 3.63) is 117 Å². The zero-order chi connectivity index (χ0) is 44.1. The van der Waals surface area contributed by atoms with Crippen LogP contribution in [0.3, 0.4) is 0 Å². The molecule has 12 nitrogen and oxygen atoms in total. The van der Waals surface area contributed by atoms with E-state index < -0.39 is 0 Å². The number of fused-ring (bicyclic) bond motifs is 4. The van der Waals surface area contributed by atoms with Crippen LogP contribution in [0.5, 0.6) is 0 Å². The fraction of sp³-hybridized carbons (Fsp3) is 0.593. The lowest BCUT2D eigenvalue weighted by Gasteiger charge is -2.49. The van der Waals surface area contributed by atoms with Gasteiger partial charge in [0, 0.05) is 132 Å². The molecule has 4 saturated heterocycles. The first-order valence-electron chi connectivity index (χ1n) is 25.7. The van der Waals surface area contributed by atoms with Gasteiger partial charge in [0.2, 0.25) is 0 Å². The summed E-state index contributed by atoms with van der Waals surface area (Å²) < 4.78 is 11.4. The van der Waals surface area contributed by atoms with E-state index in [0.29, 0.717) is 42.2 Å². The maximum Gasteiger partial charge on any atom is 0.0613 e. The lowest BCUT2D eigenvalue weighted by molar-refractivity contribution is 0.0105. The second kappa shape index (κ2) is 18.8. The molecule has 66 heavy (non-hydrogen) atoms. The molecule has 0 radical (unpaired) electrons. The second-order valence-electron chi connectivity index (χ2n) is 21.0. The number of hydrogen-bond acceptors (Lipinski definition) is 12. The highest BCUT2D eigenvalue weighted by Crippen LogP contribution is 2.46. The van der Waals surface area contributed by atoms with Gasteiger partial charge in [-0.05, 0) is 122 Å². The van der Waals surface area contributed by atoms with Gasteiger partial charge in [0.1, 0.15) is 0 Å². The maximum absolute atomic E-state index is 5.75. The number of benzene rings is 2. The maximum atomic E-state index is 5.75. The summed E-state index contributed by atoms with van der Waals surface area (Å²) in [5.74, 6) is 0.335. The molecule has 0 bridgehead atoms. The Morgan fingerprint density at radius 1 is 0.621 bits per heavy atom. The third-order valence-electron chi connectivity index (χ3n) is 17.1. The second-order valence-corrected chi connectivity index (χ2v) is 21.0. The average Bonchev–Trinajstić information content (AvgIpc) is 3.33. The Bertz CT molecular complexity index is 2340. The highest BCUT2D eigenvalue weighted by Gasteiger charge is 2.39. The molecule has 1 unspecified atom stereocenters. The zero-order valence-corrected chi connectivity index (χ0v) is 39.5. The van der Waals surface area contributed by atoms with Crippen LogP contribution in [0.2, 0.25) is 0 Å². The minimum Gasteiger partial charge on any atom is -0.379 e. The first kappa shape index (κ1) is 43.3. The molecule has 0 spiro atoms. The smallest absolute Gasteiger partial charge is 0.0613 e. The molecule has 4 fully saturated rings. The zero-order valence-electron chi connectivity index (χ0n) is 39.5. The molecule has 5 atom stereocenters. The molecule has 2 N–H and O–H groups in total. The van der Waals surface area contributed by atoms with Crippen molar-refractivity contribution in [3.63, 3.8) is 0 Å². The van der Waals surface area contributed by atoms with Crippen LogP contribution in [0, 0.1) is 0 Å². The molecule has 12 rings (SSSR count). The summed E-state index contributed by atoms with van der Waals surface area (Å²) in [5, 5.41) is 8.00. The SMILES string of the molecule is CN(C[C@H]1Cc2c(cc(C3CC[C@H](N(C)C[C@@H]4Cc5c(cccc5N5CC(N6CCOCC6)C5)CN4)c4ncccc43)cc2N2CC(N3CCOCC3)C2)CN1)[C@H]1CCCc2cccnc21. The fourth-order valence-electron chi connectivity index (χ4n) is 13.3. The highest BCUT2D eigenvalue weighted by molar-refractivity contribution is 5.63. The van der Waals surface area contributed by atoms with Crippen molar-refractivity contribution >= 4 is 11.4 Å². The van der Waals surface area contributed by atoms with E-state index in [1.54, 1.807) is 11.1 Å². The van der Waals surface area contributed by atoms with Crippen LogP contribution in [0.4, 0.5) is 11.4 Å². The Hall–Kier alpha value is -3.98. The average molecular weight is 893 g/mol. The van der Waals surface area contributed by atoms with E-state index in [1.807, 2.05) is 12.4 Å². The van der Waals surface area contributed by atoms with Gasteiger partial charge >= 0.3 is 0 Å². The van der Waals surface area contributed by atoms with Gasteiger partial charge in [-0.1, -0.05) is 30.3 Å². The molecular formula is C54H72N10O2. The van der Waals surface area contributed by atoms with Crippen LogP contribution in [-0.2, 0) is 41.8 Å². The Balaban J connectivity index is 0.760. The minimum absolute atomic E-state index is 0.299. The van der Waals surface area contributed by atoms with Crippen molar-refractivity contribution in [2.24, 2.45) is 0 Å². The van der Waals surface area contributed by atoms with Crippen molar-refractivity contribution in [2.75, 3.05) is 116 Å². The van der Waals surface area contributed by atoms with Crippen LogP contribution in [0.25, 0.3) is 0 Å². The lowest BCUT2D eigenvalue weighted by atomic mass is 9.77. The molecule has 0 saturated carbocycles. The number of nitrogens with one attached hydrogen (secondary N) is 2. The van der Waals surface area contributed by atoms with Gasteiger partial charge in [-0.2, -0.15) is 0 Å². The molecule has 8 aliphatic rings. The quantitative estimate of drug-likeness (QED) is 0.209. The molecule has 350 valence electrons. The van der Waals surface area contributed by atoms with E-state index in [-0.39, 0.29) is 0 Å². The predicted molar refractivity (Wildman–Crippen MR) is 262 cm³/mol. The van der Waals surface area contributed by atoms with Crippen LogP contribution >= 0.6 is 0 Å². The van der Waals surface area contributed by atoms with Gasteiger partial charge in [0.25, 0.3) is 0 Å². The van der Waals surface area contributed by atoms with Gasteiger partial charge < -0.3 is 29.9 Å². The van der Waals surface area contributed by atoms with E-state index in [1.165, 1.54) is 63.4 Å². The summed E-state index contributed by atoms with van der Waals surface area (Å²) in [6.07, 6.45) is 12.0. The Labute approximate surface area is 393 Å². The standard InChI is InChI=1S/C54H72N10O2/c1-59(50-12-3-7-37-9-5-15-55-53(37)50)31-42-28-48-40(30-58-42)25-39(26-52(48)64-35-44(36-64)62-19-23-66-24-20-62)45-13-14-51(54-46(45)10-6-16-56-54)60(2)32-41-27-47-38(29-57-41)8-4-11-49(47)63-33-43(34-63)61-17-21-65-22-18-61/h4-6,8-11,15-16,25-26,41-45,50-51,57-58H,3,7,12-14,17-24,27-36H2,1-2H3/t41-,42+,45?,50-,51-/m0/s1. The topological polar surface area (TPSA) is 87.7 Å². The van der Waals surface area contributed by atoms with Gasteiger partial charge in [-0.25, -0.2) is 0 Å². The molecule has 0 amide bonds. The highest BCUT2D eigenvalue weighted by atomic mass is 16.5. The van der Waals surface area contributed by atoms with Gasteiger partial charge in [0.15, 0.2) is 0 Å². The van der Waals surface area contributed by atoms with Gasteiger partial charge in [-0.15, -0.1) is 0 Å². The summed E-state index contributed by atoms with van der Waals surface area (Å²) >= 11 is 0. The molecule has 2 aromatic heterocycles. The number of morpholine rings is 2. The van der Waals surface area contributed by atoms with Crippen molar-refractivity contribution in [1.29, 1.82) is 0 Å². The molecule has 6 aliphatic heterocycles. The summed E-state index contributed by atoms with van der Waals surface area (Å²) in [4.78, 5) is 26.0. The van der Waals surface area contributed by atoms with Crippen molar-refractivity contribution in [3.8, 4) is 0 Å². The Morgan fingerprint density at radius 3 is 1.91 bits per heavy atom. The Morgan fingerprint density at radius 2 is 1.21 bits per heavy atom. The molecule has 12 heteroatoms. The number of nitrogens with zero attached hydrogens (tertiary/aromatic N) is 8. The van der Waals surface area contributed by atoms with E-state index in [9.17, 15) is 0 Å². The first-order chi connectivity index (χ1) is 32.5. The summed E-state index contributed by atoms with van der Waals surface area (Å²) in [7, 11) is 4.68. The van der Waals surface area contributed by atoms with Crippen molar-refractivity contribution < 1.29 is 9.47 Å². The largest absolute Gasteiger partial charge is 0.379 e. The minimum atomic E-state index is 0.299. The summed E-state index contributed by atoms with van der Waals surface area (Å²) in [6, 6.07) is 23.9. The third kappa shape index (κ3) is 8.48. The van der Waals surface area contributed by atoms with Gasteiger partial charge in [0.05, 0.1) is 49.9 Å². The number of anilines is 2. The molecule has 4 aromatic rings. The van der Waals surface area contributed by atoms with Crippen LogP contribution < -0.4 is 20.4 Å². The number of pyridine rings is 2. The normalized spacial score (nSPS) is 27.5. The van der Waals surface area contributed by atoms with Crippen LogP contribution in [-0.4, -0.2) is 160 Å². The van der Waals surface area contributed by atoms with E-state index in [4.69, 9.17) is 19.4 Å². The summed E-state index contributed by atoms with van der Waals surface area (Å²) in [5.41, 5.74) is 15.9. The molecule has 2 aliphatic carbocycles. The van der Waals surface area contributed by atoms with Gasteiger partial charge in [-0.3, -0.25) is 29.6 Å². The van der Waals surface area contributed by atoms with E-state index in [0.717, 1.165) is 137 Å². The fourth-order valence-corrected chi connectivity index (χ4v) is 13.3. The number of hydrogen-bond donors (Lipinski definition) is 2. The number of ether oxygens (including phenoxy) is 2. The van der Waals surface area contributed by atoms with Crippen LogP contribution in [0.15, 0.2) is 67.0 Å². The molecule has 2 aromatic carbocycles. The molecule has 8 heterocycles. The first-order valence-corrected chi connectivity index (χ1v) is 25.7. The number of likely N-dealkylation sites (N-methyl/N-ethyl adjacent to an activating group) is 2. The predicted octanol–water partition coefficient (Wildman–Crippen LogP) is 5.16. The third-order valence-corrected chi connectivity index (χ3v) is 17.1. The van der Waals surface area contributed by atoms with Crippen molar-refractivity contribution in [1.82, 2.24) is 40.2 Å². The summed E-state index contributed by atoms with van der Waals surface area (Å²) in [6.45, 7) is 16.0. The Kier molecular flexibility index (Phi) is 12.4. The number of aromatic nitrogens is 2. The monoisotopic (exact) mass is 893 g/mol. The molecular weight excluding hydrogens is 821 g/mol. The van der Waals surface area contributed by atoms with E-state index >= 15 is 0 Å². The number of aryl methyl sites for hydroxylation is 1. The van der Waals surface area contributed by atoms with Crippen LogP contribution in [0.1, 0.15) is 94.0 Å².